The van der Waals surface area contributed by atoms with Gasteiger partial charge < -0.3 is 15.0 Å². The van der Waals surface area contributed by atoms with Gasteiger partial charge in [-0.05, 0) is 32.0 Å². The third-order valence-electron chi connectivity index (χ3n) is 4.24. The number of H-pyrrole nitrogens is 1. The largest absolute Gasteiger partial charge is 0.449 e. The minimum Gasteiger partial charge on any atom is -0.449 e. The molecule has 3 rings (SSSR count). The molecular formula is C20H17F3N2O3. The number of ether oxygens (including phenoxy) is 1. The number of esters is 1. The van der Waals surface area contributed by atoms with Gasteiger partial charge in [0.15, 0.2) is 6.10 Å². The van der Waals surface area contributed by atoms with Crippen molar-refractivity contribution in [2.75, 3.05) is 5.32 Å². The van der Waals surface area contributed by atoms with E-state index in [2.05, 4.69) is 10.3 Å². The van der Waals surface area contributed by atoms with E-state index < -0.39 is 35.4 Å². The van der Waals surface area contributed by atoms with Gasteiger partial charge in [0.05, 0.1) is 16.8 Å². The number of aryl methyl sites for hydroxylation is 1. The number of carbonyl (C=O) groups is 2. The molecule has 0 aliphatic carbocycles. The number of amides is 1. The smallest absolute Gasteiger partial charge is 0.418 e. The number of alkyl halides is 3. The molecule has 0 spiro atoms. The summed E-state index contributed by atoms with van der Waals surface area (Å²) in [5.74, 6) is -1.59. The number of fused-ring (bicyclic) bond motifs is 1. The molecule has 0 saturated carbocycles. The summed E-state index contributed by atoms with van der Waals surface area (Å²) < 4.78 is 44.3. The van der Waals surface area contributed by atoms with E-state index >= 15 is 0 Å². The highest BCUT2D eigenvalue weighted by molar-refractivity contribution is 6.06. The van der Waals surface area contributed by atoms with Gasteiger partial charge in [0, 0.05) is 16.6 Å². The summed E-state index contributed by atoms with van der Waals surface area (Å²) in [5.41, 5.74) is 0.218. The van der Waals surface area contributed by atoms with Crippen LogP contribution in [0.3, 0.4) is 0 Å². The van der Waals surface area contributed by atoms with Crippen LogP contribution >= 0.6 is 0 Å². The molecule has 2 aromatic carbocycles. The summed E-state index contributed by atoms with van der Waals surface area (Å²) in [6.45, 7) is 2.99. The zero-order chi connectivity index (χ0) is 20.5. The summed E-state index contributed by atoms with van der Waals surface area (Å²) in [6.07, 6.45) is -5.91. The lowest BCUT2D eigenvalue weighted by Crippen LogP contribution is -2.31. The molecule has 0 saturated heterocycles. The van der Waals surface area contributed by atoms with Crippen LogP contribution in [-0.4, -0.2) is 23.0 Å². The van der Waals surface area contributed by atoms with Crippen molar-refractivity contribution in [3.05, 3.63) is 65.4 Å². The average Bonchev–Trinajstić information content (AvgIpc) is 2.96. The Morgan fingerprint density at radius 2 is 1.71 bits per heavy atom. The molecule has 1 amide bonds. The summed E-state index contributed by atoms with van der Waals surface area (Å²) in [5, 5.41) is 2.81. The number of hydrogen-bond acceptors (Lipinski definition) is 3. The monoisotopic (exact) mass is 390 g/mol. The topological polar surface area (TPSA) is 71.2 Å². The van der Waals surface area contributed by atoms with Crippen molar-refractivity contribution in [2.24, 2.45) is 0 Å². The molecule has 1 unspecified atom stereocenters. The first-order chi connectivity index (χ1) is 13.2. The number of halogens is 3. The summed E-state index contributed by atoms with van der Waals surface area (Å²) in [7, 11) is 0. The lowest BCUT2D eigenvalue weighted by molar-refractivity contribution is -0.137. The van der Waals surface area contributed by atoms with E-state index in [0.29, 0.717) is 11.1 Å². The van der Waals surface area contributed by atoms with Crippen LogP contribution in [0.2, 0.25) is 0 Å². The van der Waals surface area contributed by atoms with Gasteiger partial charge in [-0.15, -0.1) is 0 Å². The first-order valence-electron chi connectivity index (χ1n) is 8.44. The van der Waals surface area contributed by atoms with Gasteiger partial charge in [0.25, 0.3) is 5.91 Å². The molecule has 0 aliphatic rings. The van der Waals surface area contributed by atoms with Crippen LogP contribution in [0.4, 0.5) is 18.9 Å². The van der Waals surface area contributed by atoms with E-state index in [1.165, 1.54) is 19.1 Å². The Bertz CT molecular complexity index is 1040. The lowest BCUT2D eigenvalue weighted by atomic mass is 10.1. The van der Waals surface area contributed by atoms with Gasteiger partial charge in [-0.25, -0.2) is 4.79 Å². The van der Waals surface area contributed by atoms with Crippen molar-refractivity contribution >= 4 is 28.5 Å². The van der Waals surface area contributed by atoms with E-state index in [0.717, 1.165) is 17.6 Å². The molecule has 5 nitrogen and oxygen atoms in total. The fourth-order valence-electron chi connectivity index (χ4n) is 2.89. The van der Waals surface area contributed by atoms with Crippen LogP contribution < -0.4 is 5.32 Å². The van der Waals surface area contributed by atoms with E-state index in [9.17, 15) is 22.8 Å². The second-order valence-electron chi connectivity index (χ2n) is 6.25. The zero-order valence-electron chi connectivity index (χ0n) is 15.1. The molecule has 1 atom stereocenters. The van der Waals surface area contributed by atoms with E-state index in [4.69, 9.17) is 4.74 Å². The lowest BCUT2D eigenvalue weighted by Gasteiger charge is -2.17. The van der Waals surface area contributed by atoms with E-state index in [1.54, 1.807) is 25.1 Å². The molecule has 8 heteroatoms. The quantitative estimate of drug-likeness (QED) is 0.636. The zero-order valence-corrected chi connectivity index (χ0v) is 15.1. The number of benzene rings is 2. The molecule has 1 heterocycles. The van der Waals surface area contributed by atoms with Crippen molar-refractivity contribution < 1.29 is 27.5 Å². The Morgan fingerprint density at radius 3 is 2.43 bits per heavy atom. The number of hydrogen-bond donors (Lipinski definition) is 2. The number of rotatable bonds is 4. The highest BCUT2D eigenvalue weighted by Gasteiger charge is 2.34. The fraction of sp³-hybridized carbons (Fsp3) is 0.200. The fourth-order valence-corrected chi connectivity index (χ4v) is 2.89. The molecule has 3 aromatic rings. The molecule has 2 N–H and O–H groups in total. The molecule has 0 radical (unpaired) electrons. The summed E-state index contributed by atoms with van der Waals surface area (Å²) in [6, 6.07) is 11.7. The second kappa shape index (κ2) is 7.38. The Balaban J connectivity index is 1.76. The number of anilines is 1. The number of carbonyl (C=O) groups excluding carboxylic acids is 2. The molecule has 0 bridgehead atoms. The molecule has 1 aromatic heterocycles. The summed E-state index contributed by atoms with van der Waals surface area (Å²) >= 11 is 0. The van der Waals surface area contributed by atoms with Gasteiger partial charge in [-0.3, -0.25) is 4.79 Å². The molecule has 0 aliphatic heterocycles. The Kier molecular flexibility index (Phi) is 5.13. The summed E-state index contributed by atoms with van der Waals surface area (Å²) in [4.78, 5) is 27.9. The number of para-hydroxylation sites is 2. The minimum atomic E-state index is -4.62. The van der Waals surface area contributed by atoms with Crippen LogP contribution in [0, 0.1) is 6.92 Å². The Morgan fingerprint density at radius 1 is 1.07 bits per heavy atom. The predicted octanol–water partition coefficient (Wildman–Crippen LogP) is 4.68. The standard InChI is InChI=1S/C20H17F3N2O3/c1-11-17(13-7-3-5-9-15(13)24-11)19(27)28-12(2)18(26)25-16-10-6-4-8-14(16)20(21,22)23/h3-10,12,24H,1-2H3,(H,25,26). The van der Waals surface area contributed by atoms with E-state index in [1.807, 2.05) is 6.07 Å². The van der Waals surface area contributed by atoms with Gasteiger partial charge in [-0.1, -0.05) is 30.3 Å². The number of nitrogens with one attached hydrogen (secondary N) is 2. The normalized spacial score (nSPS) is 12.6. The highest BCUT2D eigenvalue weighted by atomic mass is 19.4. The van der Waals surface area contributed by atoms with Gasteiger partial charge in [-0.2, -0.15) is 13.2 Å². The van der Waals surface area contributed by atoms with Crippen molar-refractivity contribution in [1.82, 2.24) is 4.98 Å². The second-order valence-corrected chi connectivity index (χ2v) is 6.25. The van der Waals surface area contributed by atoms with Crippen LogP contribution in [0.5, 0.6) is 0 Å². The third-order valence-corrected chi connectivity index (χ3v) is 4.24. The number of aromatic amines is 1. The van der Waals surface area contributed by atoms with Gasteiger partial charge in [0.1, 0.15) is 0 Å². The van der Waals surface area contributed by atoms with Gasteiger partial charge in [0.2, 0.25) is 0 Å². The number of aromatic nitrogens is 1. The Labute approximate surface area is 158 Å². The predicted molar refractivity (Wildman–Crippen MR) is 98.0 cm³/mol. The van der Waals surface area contributed by atoms with Gasteiger partial charge >= 0.3 is 12.1 Å². The molecular weight excluding hydrogens is 373 g/mol. The maximum atomic E-state index is 13.0. The van der Waals surface area contributed by atoms with Crippen molar-refractivity contribution in [3.63, 3.8) is 0 Å². The van der Waals surface area contributed by atoms with E-state index in [-0.39, 0.29) is 5.56 Å². The average molecular weight is 390 g/mol. The molecule has 28 heavy (non-hydrogen) atoms. The minimum absolute atomic E-state index is 0.283. The SMILES string of the molecule is Cc1[nH]c2ccccc2c1C(=O)OC(C)C(=O)Nc1ccccc1C(F)(F)F. The maximum Gasteiger partial charge on any atom is 0.418 e. The highest BCUT2D eigenvalue weighted by Crippen LogP contribution is 2.34. The van der Waals surface area contributed by atoms with Crippen LogP contribution in [0.1, 0.15) is 28.5 Å². The van der Waals surface area contributed by atoms with Crippen LogP contribution in [0.25, 0.3) is 10.9 Å². The van der Waals surface area contributed by atoms with Crippen molar-refractivity contribution in [3.8, 4) is 0 Å². The maximum absolute atomic E-state index is 13.0. The Hall–Kier alpha value is -3.29. The molecule has 146 valence electrons. The van der Waals surface area contributed by atoms with Crippen molar-refractivity contribution in [2.45, 2.75) is 26.1 Å². The molecule has 0 fully saturated rings. The third kappa shape index (κ3) is 3.85. The van der Waals surface area contributed by atoms with Crippen molar-refractivity contribution in [1.29, 1.82) is 0 Å². The van der Waals surface area contributed by atoms with Crippen LogP contribution in [0.15, 0.2) is 48.5 Å². The first kappa shape index (κ1) is 19.5. The van der Waals surface area contributed by atoms with Crippen LogP contribution in [-0.2, 0) is 15.7 Å². The first-order valence-corrected chi connectivity index (χ1v) is 8.44.